The summed E-state index contributed by atoms with van der Waals surface area (Å²) < 4.78 is 43.4. The van der Waals surface area contributed by atoms with Crippen LogP contribution in [0.5, 0.6) is 5.75 Å². The van der Waals surface area contributed by atoms with E-state index in [1.54, 1.807) is 7.11 Å². The lowest BCUT2D eigenvalue weighted by Crippen LogP contribution is -2.30. The molecule has 5 heteroatoms. The largest absolute Gasteiger partial charge is 0.496 e. The van der Waals surface area contributed by atoms with E-state index in [0.29, 0.717) is 0 Å². The number of benzene rings is 2. The van der Waals surface area contributed by atoms with Gasteiger partial charge in [0.1, 0.15) is 5.75 Å². The molecule has 1 aliphatic rings. The number of fused-ring (bicyclic) bond motifs is 1. The summed E-state index contributed by atoms with van der Waals surface area (Å²) in [4.78, 5) is 0. The highest BCUT2D eigenvalue weighted by molar-refractivity contribution is 5.47. The molecule has 2 aromatic rings. The van der Waals surface area contributed by atoms with Gasteiger partial charge in [-0.05, 0) is 35.7 Å². The zero-order chi connectivity index (χ0) is 15.7. The number of rotatable bonds is 2. The molecule has 1 aliphatic heterocycles. The van der Waals surface area contributed by atoms with Crippen molar-refractivity contribution in [3.8, 4) is 5.75 Å². The second-order valence-corrected chi connectivity index (χ2v) is 5.28. The fraction of sp³-hybridized carbons (Fsp3) is 0.294. The lowest BCUT2D eigenvalue weighted by Gasteiger charge is -2.28. The number of alkyl halides is 3. The van der Waals surface area contributed by atoms with Crippen molar-refractivity contribution in [1.82, 2.24) is 5.32 Å². The molecular weight excluding hydrogens is 291 g/mol. The first kappa shape index (κ1) is 14.9. The molecule has 0 aliphatic carbocycles. The number of hydrogen-bond acceptors (Lipinski definition) is 2. The first-order valence-electron chi connectivity index (χ1n) is 7.07. The maximum Gasteiger partial charge on any atom is 0.416 e. The van der Waals surface area contributed by atoms with E-state index in [-0.39, 0.29) is 6.04 Å². The molecule has 0 fully saturated rings. The van der Waals surface area contributed by atoms with Crippen LogP contribution in [0.1, 0.15) is 28.3 Å². The molecule has 3 rings (SSSR count). The normalized spacial score (nSPS) is 17.9. The van der Waals surface area contributed by atoms with Crippen LogP contribution in [0, 0.1) is 0 Å². The van der Waals surface area contributed by atoms with Gasteiger partial charge in [0.15, 0.2) is 0 Å². The van der Waals surface area contributed by atoms with Crippen molar-refractivity contribution in [3.63, 3.8) is 0 Å². The molecule has 0 saturated carbocycles. The summed E-state index contributed by atoms with van der Waals surface area (Å²) in [6.07, 6.45) is -3.46. The van der Waals surface area contributed by atoms with Crippen molar-refractivity contribution in [2.24, 2.45) is 0 Å². The van der Waals surface area contributed by atoms with E-state index < -0.39 is 11.7 Å². The average molecular weight is 307 g/mol. The van der Waals surface area contributed by atoms with Crippen LogP contribution in [0.2, 0.25) is 0 Å². The van der Waals surface area contributed by atoms with Gasteiger partial charge in [-0.2, -0.15) is 13.2 Å². The molecular formula is C17H16F3NO. The summed E-state index contributed by atoms with van der Waals surface area (Å²) in [6, 6.07) is 11.0. The molecule has 116 valence electrons. The fourth-order valence-electron chi connectivity index (χ4n) is 2.93. The monoisotopic (exact) mass is 307 g/mol. The van der Waals surface area contributed by atoms with Gasteiger partial charge in [0, 0.05) is 12.1 Å². The highest BCUT2D eigenvalue weighted by atomic mass is 19.4. The van der Waals surface area contributed by atoms with Crippen molar-refractivity contribution < 1.29 is 17.9 Å². The molecule has 22 heavy (non-hydrogen) atoms. The summed E-state index contributed by atoms with van der Waals surface area (Å²) in [5.74, 6) is 0.830. The minimum atomic E-state index is -4.31. The molecule has 1 unspecified atom stereocenters. The van der Waals surface area contributed by atoms with Crippen LogP contribution in [-0.4, -0.2) is 13.7 Å². The zero-order valence-corrected chi connectivity index (χ0v) is 12.1. The smallest absolute Gasteiger partial charge is 0.416 e. The van der Waals surface area contributed by atoms with Crippen LogP contribution in [0.15, 0.2) is 42.5 Å². The second kappa shape index (κ2) is 5.65. The van der Waals surface area contributed by atoms with Gasteiger partial charge in [0.2, 0.25) is 0 Å². The molecule has 0 bridgehead atoms. The van der Waals surface area contributed by atoms with Crippen LogP contribution in [0.4, 0.5) is 13.2 Å². The Labute approximate surface area is 126 Å². The molecule has 2 nitrogen and oxygen atoms in total. The Kier molecular flexibility index (Phi) is 3.83. The van der Waals surface area contributed by atoms with Crippen molar-refractivity contribution in [3.05, 3.63) is 64.7 Å². The third-order valence-corrected chi connectivity index (χ3v) is 3.99. The molecule has 1 atom stereocenters. The Morgan fingerprint density at radius 1 is 1.09 bits per heavy atom. The van der Waals surface area contributed by atoms with Gasteiger partial charge in [-0.25, -0.2) is 0 Å². The van der Waals surface area contributed by atoms with Crippen molar-refractivity contribution >= 4 is 0 Å². The van der Waals surface area contributed by atoms with Gasteiger partial charge in [-0.3, -0.25) is 0 Å². The van der Waals surface area contributed by atoms with Crippen LogP contribution < -0.4 is 10.1 Å². The predicted octanol–water partition coefficient (Wildman–Crippen LogP) is 3.95. The first-order valence-corrected chi connectivity index (χ1v) is 7.07. The molecule has 1 N–H and O–H groups in total. The van der Waals surface area contributed by atoms with Gasteiger partial charge in [0.25, 0.3) is 0 Å². The SMILES string of the molecule is COc1cccc2c1CCNC2c1ccc(C(F)(F)F)cc1. The summed E-state index contributed by atoms with van der Waals surface area (Å²) in [6.45, 7) is 0.763. The lowest BCUT2D eigenvalue weighted by molar-refractivity contribution is -0.137. The molecule has 2 aromatic carbocycles. The van der Waals surface area contributed by atoms with E-state index in [0.717, 1.165) is 47.5 Å². The minimum Gasteiger partial charge on any atom is -0.496 e. The molecule has 0 radical (unpaired) electrons. The van der Waals surface area contributed by atoms with Gasteiger partial charge >= 0.3 is 6.18 Å². The Morgan fingerprint density at radius 3 is 2.45 bits per heavy atom. The van der Waals surface area contributed by atoms with Gasteiger partial charge in [-0.1, -0.05) is 24.3 Å². The maximum atomic E-state index is 12.7. The highest BCUT2D eigenvalue weighted by Gasteiger charge is 2.31. The second-order valence-electron chi connectivity index (χ2n) is 5.28. The molecule has 0 spiro atoms. The molecule has 0 aromatic heterocycles. The Bertz CT molecular complexity index is 665. The molecule has 1 heterocycles. The fourth-order valence-corrected chi connectivity index (χ4v) is 2.93. The number of nitrogens with one attached hydrogen (secondary N) is 1. The van der Waals surface area contributed by atoms with E-state index in [1.807, 2.05) is 18.2 Å². The van der Waals surface area contributed by atoms with Crippen molar-refractivity contribution in [1.29, 1.82) is 0 Å². The third kappa shape index (κ3) is 2.68. The quantitative estimate of drug-likeness (QED) is 0.907. The summed E-state index contributed by atoms with van der Waals surface area (Å²) in [5, 5.41) is 3.36. The van der Waals surface area contributed by atoms with Crippen LogP contribution >= 0.6 is 0 Å². The highest BCUT2D eigenvalue weighted by Crippen LogP contribution is 2.35. The first-order chi connectivity index (χ1) is 10.5. The number of ether oxygens (including phenoxy) is 1. The van der Waals surface area contributed by atoms with Gasteiger partial charge in [0.05, 0.1) is 18.7 Å². The predicted molar refractivity (Wildman–Crippen MR) is 78.0 cm³/mol. The van der Waals surface area contributed by atoms with Gasteiger partial charge in [-0.15, -0.1) is 0 Å². The molecule has 0 amide bonds. The Balaban J connectivity index is 1.98. The van der Waals surface area contributed by atoms with Crippen molar-refractivity contribution in [2.75, 3.05) is 13.7 Å². The number of halogens is 3. The topological polar surface area (TPSA) is 21.3 Å². The Morgan fingerprint density at radius 2 is 1.82 bits per heavy atom. The average Bonchev–Trinajstić information content (AvgIpc) is 2.53. The minimum absolute atomic E-state index is 0.110. The third-order valence-electron chi connectivity index (χ3n) is 3.99. The standard InChI is InChI=1S/C17H16F3NO/c1-22-15-4-2-3-14-13(15)9-10-21-16(14)11-5-7-12(8-6-11)17(18,19)20/h2-8,16,21H,9-10H2,1H3. The van der Waals surface area contributed by atoms with E-state index >= 15 is 0 Å². The number of hydrogen-bond donors (Lipinski definition) is 1. The Hall–Kier alpha value is -2.01. The van der Waals surface area contributed by atoms with Crippen LogP contribution in [0.25, 0.3) is 0 Å². The van der Waals surface area contributed by atoms with E-state index in [2.05, 4.69) is 5.32 Å². The van der Waals surface area contributed by atoms with Gasteiger partial charge < -0.3 is 10.1 Å². The lowest BCUT2D eigenvalue weighted by atomic mass is 9.89. The van der Waals surface area contributed by atoms with Crippen LogP contribution in [0.3, 0.4) is 0 Å². The van der Waals surface area contributed by atoms with E-state index in [9.17, 15) is 13.2 Å². The van der Waals surface area contributed by atoms with E-state index in [4.69, 9.17) is 4.74 Å². The zero-order valence-electron chi connectivity index (χ0n) is 12.1. The summed E-state index contributed by atoms with van der Waals surface area (Å²) >= 11 is 0. The summed E-state index contributed by atoms with van der Waals surface area (Å²) in [5.41, 5.74) is 2.37. The van der Waals surface area contributed by atoms with Crippen LogP contribution in [-0.2, 0) is 12.6 Å². The van der Waals surface area contributed by atoms with Crippen molar-refractivity contribution in [2.45, 2.75) is 18.6 Å². The summed E-state index contributed by atoms with van der Waals surface area (Å²) in [7, 11) is 1.63. The van der Waals surface area contributed by atoms with E-state index in [1.165, 1.54) is 12.1 Å². The maximum absolute atomic E-state index is 12.7. The number of methoxy groups -OCH3 is 1. The molecule has 0 saturated heterocycles.